The van der Waals surface area contributed by atoms with Crippen LogP contribution in [0.15, 0.2) is 18.2 Å². The molecule has 1 rings (SSSR count). The molecule has 0 spiro atoms. The summed E-state index contributed by atoms with van der Waals surface area (Å²) in [4.78, 5) is 11.6. The van der Waals surface area contributed by atoms with Gasteiger partial charge in [0.25, 0.3) is 0 Å². The van der Waals surface area contributed by atoms with Crippen molar-refractivity contribution in [3.05, 3.63) is 29.3 Å². The van der Waals surface area contributed by atoms with Gasteiger partial charge in [0.1, 0.15) is 5.75 Å². The first-order valence-corrected chi connectivity index (χ1v) is 5.30. The number of aryl methyl sites for hydroxylation is 1. The number of carbonyl (C=O) groups excluding carboxylic acids is 1. The predicted molar refractivity (Wildman–Crippen MR) is 60.5 cm³/mol. The van der Waals surface area contributed by atoms with E-state index in [0.29, 0.717) is 11.3 Å². The molecule has 1 aromatic carbocycles. The van der Waals surface area contributed by atoms with E-state index in [2.05, 4.69) is 15.9 Å². The Morgan fingerprint density at radius 3 is 2.64 bits per heavy atom. The van der Waals surface area contributed by atoms with E-state index in [1.54, 1.807) is 7.11 Å². The van der Waals surface area contributed by atoms with Gasteiger partial charge in [-0.3, -0.25) is 4.79 Å². The molecule has 0 N–H and O–H groups in total. The number of rotatable bonds is 3. The van der Waals surface area contributed by atoms with Crippen LogP contribution in [0.25, 0.3) is 0 Å². The maximum absolute atomic E-state index is 11.7. The van der Waals surface area contributed by atoms with Gasteiger partial charge in [-0.1, -0.05) is 27.6 Å². The fourth-order valence-electron chi connectivity index (χ4n) is 1.23. The Morgan fingerprint density at radius 1 is 1.50 bits per heavy atom. The molecule has 3 heteroatoms. The molecule has 0 radical (unpaired) electrons. The van der Waals surface area contributed by atoms with Gasteiger partial charge in [0.05, 0.1) is 17.5 Å². The van der Waals surface area contributed by atoms with Crippen LogP contribution in [0.4, 0.5) is 0 Å². The van der Waals surface area contributed by atoms with Crippen LogP contribution in [-0.4, -0.2) is 17.7 Å². The Bertz CT molecular complexity index is 345. The number of ketones is 1. The minimum absolute atomic E-state index is 0.0468. The fourth-order valence-corrected chi connectivity index (χ4v) is 1.48. The van der Waals surface area contributed by atoms with Crippen LogP contribution in [0.1, 0.15) is 22.8 Å². The Labute approximate surface area is 92.4 Å². The molecule has 0 bridgehead atoms. The number of carbonyl (C=O) groups is 1. The molecule has 76 valence electrons. The minimum atomic E-state index is -0.182. The van der Waals surface area contributed by atoms with Gasteiger partial charge < -0.3 is 4.74 Å². The minimum Gasteiger partial charge on any atom is -0.496 e. The monoisotopic (exact) mass is 256 g/mol. The van der Waals surface area contributed by atoms with Gasteiger partial charge in [-0.15, -0.1) is 0 Å². The van der Waals surface area contributed by atoms with Gasteiger partial charge in [0.15, 0.2) is 5.78 Å². The van der Waals surface area contributed by atoms with Crippen molar-refractivity contribution in [1.29, 1.82) is 0 Å². The van der Waals surface area contributed by atoms with Crippen molar-refractivity contribution >= 4 is 21.7 Å². The normalized spacial score (nSPS) is 12.3. The van der Waals surface area contributed by atoms with Gasteiger partial charge in [0.2, 0.25) is 0 Å². The summed E-state index contributed by atoms with van der Waals surface area (Å²) in [6, 6.07) is 5.59. The highest BCUT2D eigenvalue weighted by Gasteiger charge is 2.16. The molecule has 0 amide bonds. The number of methoxy groups -OCH3 is 1. The highest BCUT2D eigenvalue weighted by molar-refractivity contribution is 9.10. The summed E-state index contributed by atoms with van der Waals surface area (Å²) in [5.41, 5.74) is 1.69. The summed E-state index contributed by atoms with van der Waals surface area (Å²) in [5, 5.41) is 0. The zero-order chi connectivity index (χ0) is 10.7. The number of halogens is 1. The number of Topliss-reactive ketones (excluding diaryl/α,β-unsaturated/α-hetero) is 1. The first-order chi connectivity index (χ1) is 6.56. The van der Waals surface area contributed by atoms with E-state index < -0.39 is 0 Å². The maximum Gasteiger partial charge on any atom is 0.179 e. The van der Waals surface area contributed by atoms with Crippen molar-refractivity contribution in [2.75, 3.05) is 7.11 Å². The van der Waals surface area contributed by atoms with E-state index in [4.69, 9.17) is 4.74 Å². The second-order valence-corrected chi connectivity index (χ2v) is 4.56. The van der Waals surface area contributed by atoms with Crippen LogP contribution in [0.3, 0.4) is 0 Å². The summed E-state index contributed by atoms with van der Waals surface area (Å²) >= 11 is 3.26. The molecule has 2 nitrogen and oxygen atoms in total. The lowest BCUT2D eigenvalue weighted by Gasteiger charge is -2.09. The van der Waals surface area contributed by atoms with Crippen LogP contribution < -0.4 is 4.74 Å². The SMILES string of the molecule is COc1ccc(C)cc1C(=O)C(C)Br. The van der Waals surface area contributed by atoms with E-state index in [0.717, 1.165) is 5.56 Å². The molecule has 0 aliphatic heterocycles. The van der Waals surface area contributed by atoms with Crippen molar-refractivity contribution in [2.24, 2.45) is 0 Å². The lowest BCUT2D eigenvalue weighted by atomic mass is 10.1. The summed E-state index contributed by atoms with van der Waals surface area (Å²) < 4.78 is 5.13. The quantitative estimate of drug-likeness (QED) is 0.614. The van der Waals surface area contributed by atoms with Crippen molar-refractivity contribution in [2.45, 2.75) is 18.7 Å². The molecule has 0 fully saturated rings. The highest BCUT2D eigenvalue weighted by atomic mass is 79.9. The number of hydrogen-bond acceptors (Lipinski definition) is 2. The number of ether oxygens (including phenoxy) is 1. The van der Waals surface area contributed by atoms with Gasteiger partial charge in [0, 0.05) is 0 Å². The maximum atomic E-state index is 11.7. The van der Waals surface area contributed by atoms with Crippen LogP contribution >= 0.6 is 15.9 Å². The van der Waals surface area contributed by atoms with Crippen LogP contribution in [-0.2, 0) is 0 Å². The standard InChI is InChI=1S/C11H13BrO2/c1-7-4-5-10(14-3)9(6-7)11(13)8(2)12/h4-6,8H,1-3H3. The lowest BCUT2D eigenvalue weighted by Crippen LogP contribution is -2.11. The van der Waals surface area contributed by atoms with Crippen molar-refractivity contribution in [1.82, 2.24) is 0 Å². The van der Waals surface area contributed by atoms with Crippen molar-refractivity contribution in [3.8, 4) is 5.75 Å². The summed E-state index contributed by atoms with van der Waals surface area (Å²) in [6.45, 7) is 3.76. The van der Waals surface area contributed by atoms with Gasteiger partial charge in [-0.25, -0.2) is 0 Å². The molecule has 0 aromatic heterocycles. The van der Waals surface area contributed by atoms with Gasteiger partial charge >= 0.3 is 0 Å². The zero-order valence-electron chi connectivity index (χ0n) is 8.50. The van der Waals surface area contributed by atoms with E-state index in [-0.39, 0.29) is 10.6 Å². The Kier molecular flexibility index (Phi) is 3.69. The molecule has 1 atom stereocenters. The first-order valence-electron chi connectivity index (χ1n) is 4.39. The van der Waals surface area contributed by atoms with Crippen LogP contribution in [0, 0.1) is 6.92 Å². The molecular formula is C11H13BrO2. The smallest absolute Gasteiger partial charge is 0.179 e. The largest absolute Gasteiger partial charge is 0.496 e. The molecule has 14 heavy (non-hydrogen) atoms. The zero-order valence-corrected chi connectivity index (χ0v) is 10.1. The summed E-state index contributed by atoms with van der Waals surface area (Å²) in [7, 11) is 1.57. The molecule has 0 aliphatic carbocycles. The topological polar surface area (TPSA) is 26.3 Å². The second kappa shape index (κ2) is 4.60. The second-order valence-electron chi connectivity index (χ2n) is 3.18. The van der Waals surface area contributed by atoms with E-state index >= 15 is 0 Å². The molecule has 0 saturated carbocycles. The number of hydrogen-bond donors (Lipinski definition) is 0. The Hall–Kier alpha value is -0.830. The van der Waals surface area contributed by atoms with E-state index in [1.807, 2.05) is 32.0 Å². The van der Waals surface area contributed by atoms with E-state index in [1.165, 1.54) is 0 Å². The summed E-state index contributed by atoms with van der Waals surface area (Å²) in [5.74, 6) is 0.678. The third-order valence-corrected chi connectivity index (χ3v) is 2.40. The van der Waals surface area contributed by atoms with Crippen molar-refractivity contribution < 1.29 is 9.53 Å². The van der Waals surface area contributed by atoms with Crippen LogP contribution in [0.2, 0.25) is 0 Å². The molecule has 0 heterocycles. The number of benzene rings is 1. The summed E-state index contributed by atoms with van der Waals surface area (Å²) in [6.07, 6.45) is 0. The highest BCUT2D eigenvalue weighted by Crippen LogP contribution is 2.22. The van der Waals surface area contributed by atoms with Gasteiger partial charge in [-0.05, 0) is 26.0 Å². The first kappa shape index (κ1) is 11.2. The molecule has 0 aliphatic rings. The third-order valence-electron chi connectivity index (χ3n) is 1.98. The molecule has 1 unspecified atom stereocenters. The molecular weight excluding hydrogens is 244 g/mol. The van der Waals surface area contributed by atoms with Crippen LogP contribution in [0.5, 0.6) is 5.75 Å². The average Bonchev–Trinajstić information content (AvgIpc) is 2.16. The molecule has 1 aromatic rings. The van der Waals surface area contributed by atoms with Crippen molar-refractivity contribution in [3.63, 3.8) is 0 Å². The molecule has 0 saturated heterocycles. The lowest BCUT2D eigenvalue weighted by molar-refractivity contribution is 0.0993. The number of alkyl halides is 1. The predicted octanol–water partition coefficient (Wildman–Crippen LogP) is 2.97. The van der Waals surface area contributed by atoms with Gasteiger partial charge in [-0.2, -0.15) is 0 Å². The fraction of sp³-hybridized carbons (Fsp3) is 0.364. The third kappa shape index (κ3) is 2.35. The average molecular weight is 257 g/mol. The Balaban J connectivity index is 3.17. The van der Waals surface area contributed by atoms with E-state index in [9.17, 15) is 4.79 Å². The Morgan fingerprint density at radius 2 is 2.14 bits per heavy atom.